The van der Waals surface area contributed by atoms with E-state index in [0.29, 0.717) is 6.54 Å². The highest BCUT2D eigenvalue weighted by Gasteiger charge is 1.99. The third-order valence-corrected chi connectivity index (χ3v) is 3.13. The molecule has 1 N–H and O–H groups in total. The lowest BCUT2D eigenvalue weighted by Gasteiger charge is -2.09. The molecule has 0 unspecified atom stereocenters. The Morgan fingerprint density at radius 2 is 1.70 bits per heavy atom. The summed E-state index contributed by atoms with van der Waals surface area (Å²) < 4.78 is 15.2. The Morgan fingerprint density at radius 1 is 0.900 bits per heavy atom. The fraction of sp³-hybridized carbons (Fsp3) is 0.0588. The molecule has 0 fully saturated rings. The smallest absolute Gasteiger partial charge is 0.123 e. The van der Waals surface area contributed by atoms with E-state index in [1.807, 2.05) is 53.4 Å². The topological polar surface area (TPSA) is 17.0 Å². The molecular formula is C17H15FN2. The minimum absolute atomic E-state index is 0.203. The van der Waals surface area contributed by atoms with Gasteiger partial charge in [0.1, 0.15) is 5.82 Å². The third kappa shape index (κ3) is 2.88. The van der Waals surface area contributed by atoms with Gasteiger partial charge in [-0.05, 0) is 48.0 Å². The van der Waals surface area contributed by atoms with Crippen LogP contribution in [0.3, 0.4) is 0 Å². The average Bonchev–Trinajstić information content (AvgIpc) is 3.00. The molecule has 1 heterocycles. The van der Waals surface area contributed by atoms with Gasteiger partial charge in [-0.1, -0.05) is 18.2 Å². The predicted molar refractivity (Wildman–Crippen MR) is 79.5 cm³/mol. The normalized spacial score (nSPS) is 10.4. The standard InChI is InChI=1S/C17H15FN2/c18-15-6-3-5-14(11-15)13-19-16-7-4-8-17(12-16)20-9-1-2-10-20/h1-12,19H,13H2. The highest BCUT2D eigenvalue weighted by atomic mass is 19.1. The van der Waals surface area contributed by atoms with Gasteiger partial charge < -0.3 is 9.88 Å². The summed E-state index contributed by atoms with van der Waals surface area (Å²) in [6, 6.07) is 18.7. The zero-order chi connectivity index (χ0) is 13.8. The van der Waals surface area contributed by atoms with Crippen LogP contribution in [0.5, 0.6) is 0 Å². The first-order chi connectivity index (χ1) is 9.81. The summed E-state index contributed by atoms with van der Waals surface area (Å²) in [5, 5.41) is 3.31. The number of nitrogens with zero attached hydrogens (tertiary/aromatic N) is 1. The van der Waals surface area contributed by atoms with Crippen molar-refractivity contribution in [2.75, 3.05) is 5.32 Å². The highest BCUT2D eigenvalue weighted by molar-refractivity contribution is 5.51. The van der Waals surface area contributed by atoms with Crippen LogP contribution < -0.4 is 5.32 Å². The van der Waals surface area contributed by atoms with Gasteiger partial charge in [-0.25, -0.2) is 4.39 Å². The predicted octanol–water partition coefficient (Wildman–Crippen LogP) is 4.23. The van der Waals surface area contributed by atoms with Gasteiger partial charge in [0.15, 0.2) is 0 Å². The van der Waals surface area contributed by atoms with E-state index < -0.39 is 0 Å². The molecule has 0 saturated heterocycles. The van der Waals surface area contributed by atoms with E-state index in [1.54, 1.807) is 12.1 Å². The number of anilines is 1. The van der Waals surface area contributed by atoms with Gasteiger partial charge >= 0.3 is 0 Å². The molecule has 3 rings (SSSR count). The maximum absolute atomic E-state index is 13.1. The summed E-state index contributed by atoms with van der Waals surface area (Å²) in [6.45, 7) is 0.604. The van der Waals surface area contributed by atoms with Gasteiger partial charge in [-0.3, -0.25) is 0 Å². The van der Waals surface area contributed by atoms with Crippen molar-refractivity contribution in [3.63, 3.8) is 0 Å². The van der Waals surface area contributed by atoms with Crippen molar-refractivity contribution >= 4 is 5.69 Å². The second kappa shape index (κ2) is 5.61. The molecule has 100 valence electrons. The summed E-state index contributed by atoms with van der Waals surface area (Å²) in [4.78, 5) is 0. The van der Waals surface area contributed by atoms with Crippen molar-refractivity contribution in [3.8, 4) is 5.69 Å². The van der Waals surface area contributed by atoms with Gasteiger partial charge in [-0.15, -0.1) is 0 Å². The quantitative estimate of drug-likeness (QED) is 0.747. The van der Waals surface area contributed by atoms with Crippen LogP contribution in [-0.2, 0) is 6.54 Å². The molecule has 20 heavy (non-hydrogen) atoms. The van der Waals surface area contributed by atoms with Crippen molar-refractivity contribution in [1.82, 2.24) is 4.57 Å². The molecule has 2 aromatic carbocycles. The zero-order valence-corrected chi connectivity index (χ0v) is 11.0. The molecule has 2 nitrogen and oxygen atoms in total. The van der Waals surface area contributed by atoms with Crippen LogP contribution in [0.15, 0.2) is 73.1 Å². The van der Waals surface area contributed by atoms with E-state index in [1.165, 1.54) is 6.07 Å². The number of hydrogen-bond acceptors (Lipinski definition) is 1. The van der Waals surface area contributed by atoms with E-state index in [0.717, 1.165) is 16.9 Å². The molecule has 1 aromatic heterocycles. The maximum Gasteiger partial charge on any atom is 0.123 e. The van der Waals surface area contributed by atoms with E-state index in [4.69, 9.17) is 0 Å². The van der Waals surface area contributed by atoms with Gasteiger partial charge in [0.05, 0.1) is 0 Å². The van der Waals surface area contributed by atoms with E-state index in [-0.39, 0.29) is 5.82 Å². The first-order valence-corrected chi connectivity index (χ1v) is 6.53. The molecular weight excluding hydrogens is 251 g/mol. The summed E-state index contributed by atoms with van der Waals surface area (Å²) in [5.74, 6) is -0.203. The first kappa shape index (κ1) is 12.5. The molecule has 0 bridgehead atoms. The third-order valence-electron chi connectivity index (χ3n) is 3.13. The molecule has 0 amide bonds. The Labute approximate surface area is 117 Å². The maximum atomic E-state index is 13.1. The molecule has 3 heteroatoms. The largest absolute Gasteiger partial charge is 0.381 e. The van der Waals surface area contributed by atoms with Gasteiger partial charge in [0.25, 0.3) is 0 Å². The summed E-state index contributed by atoms with van der Waals surface area (Å²) in [7, 11) is 0. The van der Waals surface area contributed by atoms with E-state index in [9.17, 15) is 4.39 Å². The summed E-state index contributed by atoms with van der Waals surface area (Å²) in [5.41, 5.74) is 3.04. The molecule has 0 saturated carbocycles. The van der Waals surface area contributed by atoms with Crippen LogP contribution in [0.2, 0.25) is 0 Å². The Kier molecular flexibility index (Phi) is 3.50. The lowest BCUT2D eigenvalue weighted by Crippen LogP contribution is -2.00. The Bertz CT molecular complexity index is 690. The lowest BCUT2D eigenvalue weighted by atomic mass is 10.2. The van der Waals surface area contributed by atoms with Crippen molar-refractivity contribution in [2.45, 2.75) is 6.54 Å². The van der Waals surface area contributed by atoms with Crippen LogP contribution in [0.25, 0.3) is 5.69 Å². The van der Waals surface area contributed by atoms with E-state index >= 15 is 0 Å². The minimum atomic E-state index is -0.203. The molecule has 0 atom stereocenters. The fourth-order valence-electron chi connectivity index (χ4n) is 2.13. The summed E-state index contributed by atoms with van der Waals surface area (Å²) >= 11 is 0. The number of hydrogen-bond donors (Lipinski definition) is 1. The van der Waals surface area contributed by atoms with Gasteiger partial charge in [0.2, 0.25) is 0 Å². The number of nitrogens with one attached hydrogen (secondary N) is 1. The summed E-state index contributed by atoms with van der Waals surface area (Å²) in [6.07, 6.45) is 4.01. The van der Waals surface area contributed by atoms with Crippen LogP contribution in [-0.4, -0.2) is 4.57 Å². The van der Waals surface area contributed by atoms with Gasteiger partial charge in [0, 0.05) is 30.3 Å². The molecule has 0 aliphatic carbocycles. The Morgan fingerprint density at radius 3 is 2.50 bits per heavy atom. The Hall–Kier alpha value is -2.55. The van der Waals surface area contributed by atoms with Crippen molar-refractivity contribution in [1.29, 1.82) is 0 Å². The second-order valence-electron chi connectivity index (χ2n) is 4.62. The second-order valence-corrected chi connectivity index (χ2v) is 4.62. The van der Waals surface area contributed by atoms with Crippen molar-refractivity contribution in [2.24, 2.45) is 0 Å². The van der Waals surface area contributed by atoms with Crippen molar-refractivity contribution < 1.29 is 4.39 Å². The van der Waals surface area contributed by atoms with Gasteiger partial charge in [-0.2, -0.15) is 0 Å². The number of benzene rings is 2. The van der Waals surface area contributed by atoms with Crippen LogP contribution >= 0.6 is 0 Å². The number of aromatic nitrogens is 1. The minimum Gasteiger partial charge on any atom is -0.381 e. The van der Waals surface area contributed by atoms with Crippen LogP contribution in [0, 0.1) is 5.82 Å². The molecule has 0 aliphatic rings. The Balaban J connectivity index is 1.73. The van der Waals surface area contributed by atoms with E-state index in [2.05, 4.69) is 11.4 Å². The number of halogens is 1. The average molecular weight is 266 g/mol. The monoisotopic (exact) mass is 266 g/mol. The molecule has 3 aromatic rings. The number of rotatable bonds is 4. The highest BCUT2D eigenvalue weighted by Crippen LogP contribution is 2.16. The molecule has 0 radical (unpaired) electrons. The molecule has 0 spiro atoms. The fourth-order valence-corrected chi connectivity index (χ4v) is 2.13. The van der Waals surface area contributed by atoms with Crippen LogP contribution in [0.4, 0.5) is 10.1 Å². The first-order valence-electron chi connectivity index (χ1n) is 6.53. The zero-order valence-electron chi connectivity index (χ0n) is 11.0. The van der Waals surface area contributed by atoms with Crippen molar-refractivity contribution in [3.05, 3.63) is 84.4 Å². The van der Waals surface area contributed by atoms with Crippen LogP contribution in [0.1, 0.15) is 5.56 Å². The molecule has 0 aliphatic heterocycles. The lowest BCUT2D eigenvalue weighted by molar-refractivity contribution is 0.626. The SMILES string of the molecule is Fc1cccc(CNc2cccc(-n3cccc3)c2)c1.